The van der Waals surface area contributed by atoms with E-state index >= 15 is 0 Å². The maximum absolute atomic E-state index is 5.56. The second-order valence-corrected chi connectivity index (χ2v) is 4.29. The Balaban J connectivity index is 2.25. The van der Waals surface area contributed by atoms with Gasteiger partial charge in [0.1, 0.15) is 0 Å². The Morgan fingerprint density at radius 1 is 1.35 bits per heavy atom. The smallest absolute Gasteiger partial charge is 0.213 e. The lowest BCUT2D eigenvalue weighted by molar-refractivity contribution is 0.273. The van der Waals surface area contributed by atoms with Crippen LogP contribution in [0, 0.1) is 0 Å². The molecule has 0 radical (unpaired) electrons. The number of aromatic nitrogens is 1. The van der Waals surface area contributed by atoms with E-state index < -0.39 is 0 Å². The number of rotatable bonds is 8. The van der Waals surface area contributed by atoms with E-state index in [4.69, 9.17) is 4.74 Å². The second kappa shape index (κ2) is 8.03. The fourth-order valence-electron chi connectivity index (χ4n) is 1.43. The summed E-state index contributed by atoms with van der Waals surface area (Å²) in [4.78, 5) is 6.42. The minimum absolute atomic E-state index is 0.712. The first-order valence-corrected chi connectivity index (χ1v) is 6.15. The Kier molecular flexibility index (Phi) is 6.58. The summed E-state index contributed by atoms with van der Waals surface area (Å²) in [5, 5.41) is 3.26. The van der Waals surface area contributed by atoms with E-state index in [0.717, 1.165) is 32.7 Å². The van der Waals surface area contributed by atoms with Gasteiger partial charge in [0.2, 0.25) is 5.88 Å². The van der Waals surface area contributed by atoms with Gasteiger partial charge in [0.15, 0.2) is 0 Å². The third-order valence-corrected chi connectivity index (χ3v) is 2.38. The number of hydrogen-bond donors (Lipinski definition) is 1. The summed E-state index contributed by atoms with van der Waals surface area (Å²) < 4.78 is 5.56. The standard InChI is InChI=1S/C13H23N3O/c1-4-14-10-12-6-7-13(15-11-12)17-9-5-8-16(2)3/h6-7,11,14H,4-5,8-10H2,1-3H3. The molecule has 0 spiro atoms. The molecule has 0 saturated heterocycles. The minimum atomic E-state index is 0.712. The van der Waals surface area contributed by atoms with Gasteiger partial charge >= 0.3 is 0 Å². The number of nitrogens with zero attached hydrogens (tertiary/aromatic N) is 2. The Bertz CT molecular complexity index is 298. The van der Waals surface area contributed by atoms with Crippen molar-refractivity contribution in [1.29, 1.82) is 0 Å². The first-order valence-electron chi connectivity index (χ1n) is 6.15. The highest BCUT2D eigenvalue weighted by molar-refractivity contribution is 5.17. The van der Waals surface area contributed by atoms with Gasteiger partial charge in [-0.3, -0.25) is 0 Å². The van der Waals surface area contributed by atoms with Crippen LogP contribution >= 0.6 is 0 Å². The van der Waals surface area contributed by atoms with E-state index in [1.165, 1.54) is 5.56 Å². The van der Waals surface area contributed by atoms with Gasteiger partial charge in [-0.2, -0.15) is 0 Å². The highest BCUT2D eigenvalue weighted by Gasteiger charge is 1.97. The molecule has 0 aliphatic carbocycles. The molecule has 0 fully saturated rings. The molecule has 0 aliphatic heterocycles. The highest BCUT2D eigenvalue weighted by Crippen LogP contribution is 2.07. The Labute approximate surface area is 104 Å². The maximum atomic E-state index is 5.56. The number of hydrogen-bond acceptors (Lipinski definition) is 4. The molecule has 0 saturated carbocycles. The molecule has 0 aromatic carbocycles. The summed E-state index contributed by atoms with van der Waals surface area (Å²) in [6, 6.07) is 3.99. The van der Waals surface area contributed by atoms with Crippen LogP contribution in [0.1, 0.15) is 18.9 Å². The van der Waals surface area contributed by atoms with E-state index in [-0.39, 0.29) is 0 Å². The van der Waals surface area contributed by atoms with E-state index in [1.54, 1.807) is 0 Å². The summed E-state index contributed by atoms with van der Waals surface area (Å²) in [6.07, 6.45) is 2.89. The zero-order chi connectivity index (χ0) is 12.5. The molecule has 1 N–H and O–H groups in total. The topological polar surface area (TPSA) is 37.4 Å². The van der Waals surface area contributed by atoms with Crippen LogP contribution in [0.25, 0.3) is 0 Å². The molecule has 0 unspecified atom stereocenters. The summed E-state index contributed by atoms with van der Waals surface area (Å²) in [5.41, 5.74) is 1.19. The summed E-state index contributed by atoms with van der Waals surface area (Å²) >= 11 is 0. The van der Waals surface area contributed by atoms with E-state index in [9.17, 15) is 0 Å². The lowest BCUT2D eigenvalue weighted by Crippen LogP contribution is -2.15. The normalized spacial score (nSPS) is 10.8. The van der Waals surface area contributed by atoms with Crippen LogP contribution in [0.2, 0.25) is 0 Å². The zero-order valence-electron chi connectivity index (χ0n) is 11.1. The van der Waals surface area contributed by atoms with Gasteiger partial charge in [-0.05, 0) is 32.6 Å². The van der Waals surface area contributed by atoms with E-state index in [2.05, 4.69) is 42.3 Å². The predicted molar refractivity (Wildman–Crippen MR) is 70.3 cm³/mol. The first kappa shape index (κ1) is 13.9. The van der Waals surface area contributed by atoms with Crippen molar-refractivity contribution in [3.8, 4) is 5.88 Å². The van der Waals surface area contributed by atoms with Crippen molar-refractivity contribution in [3.05, 3.63) is 23.9 Å². The lowest BCUT2D eigenvalue weighted by atomic mass is 10.3. The maximum Gasteiger partial charge on any atom is 0.213 e. The SMILES string of the molecule is CCNCc1ccc(OCCCN(C)C)nc1. The van der Waals surface area contributed by atoms with Crippen molar-refractivity contribution in [2.45, 2.75) is 19.9 Å². The fourth-order valence-corrected chi connectivity index (χ4v) is 1.43. The molecule has 4 nitrogen and oxygen atoms in total. The van der Waals surface area contributed by atoms with Gasteiger partial charge in [0, 0.05) is 25.4 Å². The van der Waals surface area contributed by atoms with Crippen molar-refractivity contribution in [3.63, 3.8) is 0 Å². The first-order chi connectivity index (χ1) is 8.22. The van der Waals surface area contributed by atoms with Crippen LogP contribution in [0.3, 0.4) is 0 Å². The second-order valence-electron chi connectivity index (χ2n) is 4.29. The average molecular weight is 237 g/mol. The van der Waals surface area contributed by atoms with Crippen molar-refractivity contribution in [1.82, 2.24) is 15.2 Å². The molecule has 96 valence electrons. The number of pyridine rings is 1. The molecule has 0 aliphatic rings. The Morgan fingerprint density at radius 2 is 2.18 bits per heavy atom. The summed E-state index contributed by atoms with van der Waals surface area (Å²) in [7, 11) is 4.13. The van der Waals surface area contributed by atoms with Crippen LogP contribution in [0.15, 0.2) is 18.3 Å². The van der Waals surface area contributed by atoms with Gasteiger partial charge in [-0.25, -0.2) is 4.98 Å². The molecule has 1 rings (SSSR count). The highest BCUT2D eigenvalue weighted by atomic mass is 16.5. The molecule has 4 heteroatoms. The third kappa shape index (κ3) is 6.24. The summed E-state index contributed by atoms with van der Waals surface area (Å²) in [6.45, 7) is 5.69. The summed E-state index contributed by atoms with van der Waals surface area (Å²) in [5.74, 6) is 0.712. The van der Waals surface area contributed by atoms with Gasteiger partial charge in [0.25, 0.3) is 0 Å². The van der Waals surface area contributed by atoms with Gasteiger partial charge in [0.05, 0.1) is 6.61 Å². The van der Waals surface area contributed by atoms with Gasteiger partial charge < -0.3 is 15.0 Å². The van der Waals surface area contributed by atoms with Crippen LogP contribution < -0.4 is 10.1 Å². The van der Waals surface area contributed by atoms with Crippen LogP contribution in [0.4, 0.5) is 0 Å². The van der Waals surface area contributed by atoms with Crippen molar-refractivity contribution in [2.24, 2.45) is 0 Å². The van der Waals surface area contributed by atoms with Crippen LogP contribution in [0.5, 0.6) is 5.88 Å². The quantitative estimate of drug-likeness (QED) is 0.696. The van der Waals surface area contributed by atoms with Gasteiger partial charge in [-0.15, -0.1) is 0 Å². The zero-order valence-corrected chi connectivity index (χ0v) is 11.1. The number of nitrogens with one attached hydrogen (secondary N) is 1. The largest absolute Gasteiger partial charge is 0.478 e. The molecule has 0 amide bonds. The van der Waals surface area contributed by atoms with Crippen molar-refractivity contribution in [2.75, 3.05) is 33.8 Å². The molecule has 1 aromatic rings. The van der Waals surface area contributed by atoms with E-state index in [0.29, 0.717) is 5.88 Å². The third-order valence-electron chi connectivity index (χ3n) is 2.38. The van der Waals surface area contributed by atoms with Crippen molar-refractivity contribution < 1.29 is 4.74 Å². The molecular weight excluding hydrogens is 214 g/mol. The molecule has 17 heavy (non-hydrogen) atoms. The van der Waals surface area contributed by atoms with Crippen molar-refractivity contribution >= 4 is 0 Å². The van der Waals surface area contributed by atoms with E-state index in [1.807, 2.05) is 12.3 Å². The molecular formula is C13H23N3O. The predicted octanol–water partition coefficient (Wildman–Crippen LogP) is 1.52. The fraction of sp³-hybridized carbons (Fsp3) is 0.615. The van der Waals surface area contributed by atoms with Crippen LogP contribution in [-0.4, -0.2) is 43.7 Å². The Morgan fingerprint density at radius 3 is 2.76 bits per heavy atom. The van der Waals surface area contributed by atoms with Crippen LogP contribution in [-0.2, 0) is 6.54 Å². The molecule has 1 aromatic heterocycles. The van der Waals surface area contributed by atoms with Gasteiger partial charge in [-0.1, -0.05) is 13.0 Å². The average Bonchev–Trinajstić information content (AvgIpc) is 2.33. The number of ether oxygens (including phenoxy) is 1. The molecule has 0 atom stereocenters. The lowest BCUT2D eigenvalue weighted by Gasteiger charge is -2.10. The minimum Gasteiger partial charge on any atom is -0.478 e. The molecule has 1 heterocycles. The molecule has 0 bridgehead atoms. The monoisotopic (exact) mass is 237 g/mol. The Hall–Kier alpha value is -1.13.